The number of alkyl halides is 6. The Hall–Kier alpha value is -3.96. The van der Waals surface area contributed by atoms with Gasteiger partial charge in [-0.25, -0.2) is 0 Å². The van der Waals surface area contributed by atoms with Crippen molar-refractivity contribution in [3.8, 4) is 0 Å². The van der Waals surface area contributed by atoms with E-state index in [1.54, 1.807) is 22.8 Å². The lowest BCUT2D eigenvalue weighted by molar-refractivity contribution is -0.143. The smallest absolute Gasteiger partial charge is 0.339 e. The lowest BCUT2D eigenvalue weighted by Crippen LogP contribution is -2.50. The SMILES string of the molecule is CCC(=O)CCCCC(=O)N1CCN(C(=O)c2ccc3c(c2)CC/C(=C\c2cc(C(F)(F)F)cc(C(F)(F)F)c2)C3=O)CC1. The van der Waals surface area contributed by atoms with Gasteiger partial charge in [0.1, 0.15) is 5.78 Å². The van der Waals surface area contributed by atoms with Crippen LogP contribution < -0.4 is 0 Å². The Morgan fingerprint density at radius 2 is 1.39 bits per heavy atom. The molecule has 1 heterocycles. The van der Waals surface area contributed by atoms with Gasteiger partial charge in [0.15, 0.2) is 5.78 Å². The molecule has 1 fully saturated rings. The van der Waals surface area contributed by atoms with E-state index in [9.17, 15) is 45.5 Å². The first kappa shape index (κ1) is 32.9. The molecule has 1 saturated heterocycles. The molecule has 0 bridgehead atoms. The number of allylic oxidation sites excluding steroid dienone is 1. The van der Waals surface area contributed by atoms with Crippen LogP contribution in [0.15, 0.2) is 42.0 Å². The van der Waals surface area contributed by atoms with Crippen LogP contribution in [0.1, 0.15) is 88.4 Å². The van der Waals surface area contributed by atoms with Crippen LogP contribution in [-0.2, 0) is 28.4 Å². The minimum atomic E-state index is -5.00. The molecule has 12 heteroatoms. The van der Waals surface area contributed by atoms with E-state index in [2.05, 4.69) is 0 Å². The molecule has 0 spiro atoms. The molecule has 6 nitrogen and oxygen atoms in total. The maximum Gasteiger partial charge on any atom is 0.416 e. The monoisotopic (exact) mass is 622 g/mol. The van der Waals surface area contributed by atoms with Gasteiger partial charge in [0.05, 0.1) is 11.1 Å². The molecule has 0 saturated carbocycles. The Balaban J connectivity index is 1.41. The number of hydrogen-bond acceptors (Lipinski definition) is 4. The van der Waals surface area contributed by atoms with Gasteiger partial charge in [-0.3, -0.25) is 19.2 Å². The van der Waals surface area contributed by atoms with Crippen LogP contribution in [0.3, 0.4) is 0 Å². The molecular formula is C32H32F6N2O4. The highest BCUT2D eigenvalue weighted by Gasteiger charge is 2.37. The van der Waals surface area contributed by atoms with Gasteiger partial charge in [0.2, 0.25) is 5.91 Å². The first-order valence-electron chi connectivity index (χ1n) is 14.4. The van der Waals surface area contributed by atoms with Crippen molar-refractivity contribution in [2.24, 2.45) is 0 Å². The van der Waals surface area contributed by atoms with Crippen LogP contribution >= 0.6 is 0 Å². The highest BCUT2D eigenvalue weighted by atomic mass is 19.4. The summed E-state index contributed by atoms with van der Waals surface area (Å²) in [6, 6.07) is 5.71. The lowest BCUT2D eigenvalue weighted by Gasteiger charge is -2.35. The molecule has 2 aromatic carbocycles. The molecule has 0 aromatic heterocycles. The highest BCUT2D eigenvalue weighted by molar-refractivity contribution is 6.13. The summed E-state index contributed by atoms with van der Waals surface area (Å²) >= 11 is 0. The van der Waals surface area contributed by atoms with E-state index in [1.165, 1.54) is 12.1 Å². The number of Topliss-reactive ketones (excluding diaryl/α,β-unsaturated/α-hetero) is 2. The number of unbranched alkanes of at least 4 members (excludes halogenated alkanes) is 1. The number of nitrogens with zero attached hydrogens (tertiary/aromatic N) is 2. The number of fused-ring (bicyclic) bond motifs is 1. The Morgan fingerprint density at radius 1 is 0.795 bits per heavy atom. The molecule has 0 unspecified atom stereocenters. The van der Waals surface area contributed by atoms with Crippen molar-refractivity contribution in [3.63, 3.8) is 0 Å². The van der Waals surface area contributed by atoms with Crippen molar-refractivity contribution in [2.75, 3.05) is 26.2 Å². The topological polar surface area (TPSA) is 74.8 Å². The van der Waals surface area contributed by atoms with Crippen molar-refractivity contribution in [1.82, 2.24) is 9.80 Å². The summed E-state index contributed by atoms with van der Waals surface area (Å²) in [6.45, 7) is 3.22. The fourth-order valence-corrected chi connectivity index (χ4v) is 5.39. The maximum atomic E-state index is 13.3. The molecule has 0 radical (unpaired) electrons. The second-order valence-corrected chi connectivity index (χ2v) is 11.0. The average molecular weight is 623 g/mol. The normalized spacial score (nSPS) is 16.7. The van der Waals surface area contributed by atoms with Crippen molar-refractivity contribution >= 4 is 29.5 Å². The predicted molar refractivity (Wildman–Crippen MR) is 150 cm³/mol. The van der Waals surface area contributed by atoms with E-state index in [1.807, 2.05) is 0 Å². The predicted octanol–water partition coefficient (Wildman–Crippen LogP) is 6.76. The van der Waals surface area contributed by atoms with Gasteiger partial charge in [0.25, 0.3) is 5.91 Å². The molecule has 0 N–H and O–H groups in total. The van der Waals surface area contributed by atoms with Crippen LogP contribution in [0.5, 0.6) is 0 Å². The van der Waals surface area contributed by atoms with Gasteiger partial charge in [-0.2, -0.15) is 26.3 Å². The summed E-state index contributed by atoms with van der Waals surface area (Å²) in [5.74, 6) is -0.638. The molecule has 4 rings (SSSR count). The van der Waals surface area contributed by atoms with Crippen LogP contribution in [0.25, 0.3) is 6.08 Å². The molecule has 2 aliphatic rings. The number of carbonyl (C=O) groups is 4. The summed E-state index contributed by atoms with van der Waals surface area (Å²) in [5.41, 5.74) is -2.09. The zero-order valence-corrected chi connectivity index (χ0v) is 24.1. The summed E-state index contributed by atoms with van der Waals surface area (Å²) < 4.78 is 79.5. The Kier molecular flexibility index (Phi) is 10.00. The summed E-state index contributed by atoms with van der Waals surface area (Å²) in [5, 5.41) is 0. The molecule has 0 atom stereocenters. The minimum absolute atomic E-state index is 0.0167. The molecular weight excluding hydrogens is 590 g/mol. The zero-order valence-electron chi connectivity index (χ0n) is 24.1. The van der Waals surface area contributed by atoms with Crippen LogP contribution in [0, 0.1) is 0 Å². The van der Waals surface area contributed by atoms with Crippen molar-refractivity contribution < 1.29 is 45.5 Å². The number of carbonyl (C=O) groups excluding carboxylic acids is 4. The van der Waals surface area contributed by atoms with Crippen LogP contribution in [-0.4, -0.2) is 59.4 Å². The third-order valence-corrected chi connectivity index (χ3v) is 7.91. The number of aryl methyl sites for hydroxylation is 1. The third-order valence-electron chi connectivity index (χ3n) is 7.91. The van der Waals surface area contributed by atoms with Crippen LogP contribution in [0.2, 0.25) is 0 Å². The van der Waals surface area contributed by atoms with E-state index in [0.29, 0.717) is 81.5 Å². The molecule has 1 aliphatic heterocycles. The molecule has 44 heavy (non-hydrogen) atoms. The van der Waals surface area contributed by atoms with E-state index >= 15 is 0 Å². The van der Waals surface area contributed by atoms with Gasteiger partial charge in [-0.15, -0.1) is 0 Å². The quantitative estimate of drug-likeness (QED) is 0.185. The third kappa shape index (κ3) is 7.95. The van der Waals surface area contributed by atoms with Gasteiger partial charge >= 0.3 is 12.4 Å². The fraction of sp³-hybridized carbons (Fsp3) is 0.438. The zero-order chi connectivity index (χ0) is 32.2. The Labute approximate surface area is 250 Å². The number of rotatable bonds is 8. The number of amides is 2. The van der Waals surface area contributed by atoms with Gasteiger partial charge < -0.3 is 9.80 Å². The first-order chi connectivity index (χ1) is 20.7. The van der Waals surface area contributed by atoms with Gasteiger partial charge in [0, 0.05) is 62.1 Å². The first-order valence-corrected chi connectivity index (χ1v) is 14.4. The maximum absolute atomic E-state index is 13.3. The standard InChI is InChI=1S/C32H32F6N2O4/c1-2-26(41)5-3-4-6-28(42)39-11-13-40(14-12-39)30(44)23-9-10-27-21(18-23)7-8-22(29(27)43)15-20-16-24(31(33,34)35)19-25(17-20)32(36,37)38/h9-10,15-19H,2-8,11-14H2,1H3/b22-15+. The molecule has 2 amide bonds. The van der Waals surface area contributed by atoms with Crippen molar-refractivity contribution in [1.29, 1.82) is 0 Å². The number of halogens is 6. The minimum Gasteiger partial charge on any atom is -0.339 e. The fourth-order valence-electron chi connectivity index (χ4n) is 5.39. The summed E-state index contributed by atoms with van der Waals surface area (Å²) in [6.07, 6.45) is -6.01. The summed E-state index contributed by atoms with van der Waals surface area (Å²) in [4.78, 5) is 53.6. The van der Waals surface area contributed by atoms with Gasteiger partial charge in [-0.05, 0) is 79.3 Å². The number of ketones is 2. The molecule has 236 valence electrons. The Bertz CT molecular complexity index is 1440. The van der Waals surface area contributed by atoms with E-state index in [4.69, 9.17) is 0 Å². The number of benzene rings is 2. The molecule has 2 aromatic rings. The van der Waals surface area contributed by atoms with Crippen LogP contribution in [0.4, 0.5) is 26.3 Å². The summed E-state index contributed by atoms with van der Waals surface area (Å²) in [7, 11) is 0. The van der Waals surface area contributed by atoms with Crippen molar-refractivity contribution in [3.05, 3.63) is 75.4 Å². The highest BCUT2D eigenvalue weighted by Crippen LogP contribution is 2.37. The second-order valence-electron chi connectivity index (χ2n) is 11.0. The van der Waals surface area contributed by atoms with E-state index < -0.39 is 29.3 Å². The van der Waals surface area contributed by atoms with Crippen molar-refractivity contribution in [2.45, 2.75) is 64.2 Å². The average Bonchev–Trinajstić information content (AvgIpc) is 2.99. The lowest BCUT2D eigenvalue weighted by atomic mass is 9.84. The Morgan fingerprint density at radius 3 is 1.98 bits per heavy atom. The number of hydrogen-bond donors (Lipinski definition) is 0. The second kappa shape index (κ2) is 13.4. The largest absolute Gasteiger partial charge is 0.416 e. The van der Waals surface area contributed by atoms with E-state index in [0.717, 1.165) is 6.08 Å². The molecule has 1 aliphatic carbocycles. The van der Waals surface area contributed by atoms with Gasteiger partial charge in [-0.1, -0.05) is 6.92 Å². The number of piperazine rings is 1. The van der Waals surface area contributed by atoms with E-state index in [-0.39, 0.29) is 53.2 Å².